The molecule has 2 aromatic carbocycles. The van der Waals surface area contributed by atoms with Gasteiger partial charge in [0.15, 0.2) is 0 Å². The van der Waals surface area contributed by atoms with Crippen LogP contribution in [0.5, 0.6) is 0 Å². The first-order valence-corrected chi connectivity index (χ1v) is 15.1. The number of amides is 2. The summed E-state index contributed by atoms with van der Waals surface area (Å²) in [6, 6.07) is 11.6. The van der Waals surface area contributed by atoms with Gasteiger partial charge in [0.2, 0.25) is 10.0 Å². The van der Waals surface area contributed by atoms with Gasteiger partial charge in [-0.15, -0.1) is 0 Å². The largest absolute Gasteiger partial charge is 0.323 e. The van der Waals surface area contributed by atoms with Gasteiger partial charge in [-0.1, -0.05) is 11.6 Å². The van der Waals surface area contributed by atoms with Crippen molar-refractivity contribution in [3.63, 3.8) is 0 Å². The molecule has 222 valence electrons. The average Bonchev–Trinajstić information content (AvgIpc) is 3.35. The SMILES string of the molecule is CC(F)(F)c1cc(NC(=O)Nc2ccc(-n3cc(S(=O)(=O)NCCN4CCNCC4)c4ccncc43)cc2)ccc1Cl. The summed E-state index contributed by atoms with van der Waals surface area (Å²) in [5, 5.41) is 8.88. The van der Waals surface area contributed by atoms with Gasteiger partial charge in [-0.05, 0) is 48.5 Å². The summed E-state index contributed by atoms with van der Waals surface area (Å²) in [5.41, 5.74) is 1.45. The number of rotatable bonds is 9. The van der Waals surface area contributed by atoms with E-state index in [1.54, 1.807) is 53.5 Å². The fraction of sp³-hybridized carbons (Fsp3) is 0.286. The summed E-state index contributed by atoms with van der Waals surface area (Å²) < 4.78 is 58.6. The van der Waals surface area contributed by atoms with Gasteiger partial charge in [-0.25, -0.2) is 26.7 Å². The zero-order chi connectivity index (χ0) is 29.9. The molecule has 0 unspecified atom stereocenters. The van der Waals surface area contributed by atoms with E-state index in [0.717, 1.165) is 39.2 Å². The van der Waals surface area contributed by atoms with Crippen LogP contribution in [0.4, 0.5) is 25.0 Å². The van der Waals surface area contributed by atoms with Crippen LogP contribution in [-0.4, -0.2) is 68.2 Å². The van der Waals surface area contributed by atoms with Crippen LogP contribution in [0.2, 0.25) is 5.02 Å². The molecule has 0 bridgehead atoms. The van der Waals surface area contributed by atoms with Crippen LogP contribution in [0.25, 0.3) is 16.6 Å². The number of hydrogen-bond acceptors (Lipinski definition) is 6. The Kier molecular flexibility index (Phi) is 8.76. The zero-order valence-corrected chi connectivity index (χ0v) is 24.3. The Labute approximate surface area is 247 Å². The second-order valence-corrected chi connectivity index (χ2v) is 12.1. The van der Waals surface area contributed by atoms with Crippen molar-refractivity contribution in [2.75, 3.05) is 49.9 Å². The summed E-state index contributed by atoms with van der Waals surface area (Å²) in [6.07, 6.45) is 4.69. The molecular weight excluding hydrogens is 588 g/mol. The van der Waals surface area contributed by atoms with Crippen LogP contribution in [0.3, 0.4) is 0 Å². The molecule has 4 aromatic rings. The van der Waals surface area contributed by atoms with E-state index in [1.165, 1.54) is 12.1 Å². The summed E-state index contributed by atoms with van der Waals surface area (Å²) in [4.78, 5) is 19.0. The highest BCUT2D eigenvalue weighted by Gasteiger charge is 2.28. The predicted octanol–water partition coefficient (Wildman–Crippen LogP) is 4.62. The van der Waals surface area contributed by atoms with Crippen LogP contribution < -0.4 is 20.7 Å². The lowest BCUT2D eigenvalue weighted by atomic mass is 10.1. The highest BCUT2D eigenvalue weighted by Crippen LogP contribution is 2.34. The highest BCUT2D eigenvalue weighted by molar-refractivity contribution is 7.89. The van der Waals surface area contributed by atoms with E-state index in [4.69, 9.17) is 11.6 Å². The first-order chi connectivity index (χ1) is 20.0. The number of pyridine rings is 1. The maximum absolute atomic E-state index is 13.8. The van der Waals surface area contributed by atoms with Crippen LogP contribution in [-0.2, 0) is 15.9 Å². The number of sulfonamides is 1. The zero-order valence-electron chi connectivity index (χ0n) is 22.7. The van der Waals surface area contributed by atoms with E-state index in [2.05, 4.69) is 30.6 Å². The molecule has 1 aliphatic heterocycles. The van der Waals surface area contributed by atoms with Gasteiger partial charge < -0.3 is 20.5 Å². The van der Waals surface area contributed by atoms with Gasteiger partial charge in [-0.3, -0.25) is 9.88 Å². The molecule has 2 aromatic heterocycles. The lowest BCUT2D eigenvalue weighted by molar-refractivity contribution is 0.0176. The second kappa shape index (κ2) is 12.3. The summed E-state index contributed by atoms with van der Waals surface area (Å²) in [7, 11) is -3.81. The number of nitrogens with zero attached hydrogens (tertiary/aromatic N) is 3. The molecule has 0 aliphatic carbocycles. The van der Waals surface area contributed by atoms with Gasteiger partial charge in [0, 0.05) is 91.6 Å². The Morgan fingerprint density at radius 1 is 1.07 bits per heavy atom. The first-order valence-electron chi connectivity index (χ1n) is 13.3. The maximum Gasteiger partial charge on any atom is 0.323 e. The average molecular weight is 618 g/mol. The van der Waals surface area contributed by atoms with E-state index >= 15 is 0 Å². The van der Waals surface area contributed by atoms with Crippen molar-refractivity contribution in [3.8, 4) is 5.69 Å². The molecule has 0 spiro atoms. The number of fused-ring (bicyclic) bond motifs is 1. The molecule has 42 heavy (non-hydrogen) atoms. The number of anilines is 2. The quantitative estimate of drug-likeness (QED) is 0.218. The molecule has 1 saturated heterocycles. The van der Waals surface area contributed by atoms with Crippen molar-refractivity contribution in [2.45, 2.75) is 17.7 Å². The van der Waals surface area contributed by atoms with Gasteiger partial charge in [-0.2, -0.15) is 0 Å². The second-order valence-electron chi connectivity index (χ2n) is 9.95. The Bertz CT molecular complexity index is 1690. The van der Waals surface area contributed by atoms with E-state index in [0.29, 0.717) is 35.4 Å². The fourth-order valence-corrected chi connectivity index (χ4v) is 6.26. The van der Waals surface area contributed by atoms with Gasteiger partial charge in [0.1, 0.15) is 4.90 Å². The van der Waals surface area contributed by atoms with E-state index in [1.807, 2.05) is 0 Å². The predicted molar refractivity (Wildman–Crippen MR) is 159 cm³/mol. The third-order valence-corrected chi connectivity index (χ3v) is 8.71. The van der Waals surface area contributed by atoms with Gasteiger partial charge >= 0.3 is 6.03 Å². The molecule has 0 saturated carbocycles. The van der Waals surface area contributed by atoms with Crippen LogP contribution in [0, 0.1) is 0 Å². The molecule has 1 aliphatic rings. The number of nitrogens with one attached hydrogen (secondary N) is 4. The van der Waals surface area contributed by atoms with Gasteiger partial charge in [0.25, 0.3) is 5.92 Å². The number of aromatic nitrogens is 2. The standard InChI is InChI=1S/C28H30ClF2N7O3S/c1-28(30,31)23-16-20(4-7-24(23)29)36-27(39)35-19-2-5-21(6-3-19)38-18-26(22-8-9-33-17-25(22)38)42(40,41)34-12-15-37-13-10-32-11-14-37/h2-9,16-18,32,34H,10-15H2,1H3,(H2,35,36,39). The van der Waals surface area contributed by atoms with E-state index < -0.39 is 27.5 Å². The highest BCUT2D eigenvalue weighted by atomic mass is 35.5. The number of urea groups is 1. The summed E-state index contributed by atoms with van der Waals surface area (Å²) in [5.74, 6) is -3.17. The summed E-state index contributed by atoms with van der Waals surface area (Å²) in [6.45, 7) is 5.16. The number of piperazine rings is 1. The molecule has 5 rings (SSSR count). The molecule has 0 radical (unpaired) electrons. The normalized spacial score (nSPS) is 14.7. The minimum atomic E-state index is -3.81. The third kappa shape index (κ3) is 6.88. The number of halogens is 3. The number of alkyl halides is 2. The van der Waals surface area contributed by atoms with Crippen molar-refractivity contribution in [2.24, 2.45) is 0 Å². The molecule has 14 heteroatoms. The fourth-order valence-electron chi connectivity index (χ4n) is 4.76. The topological polar surface area (TPSA) is 120 Å². The lowest BCUT2D eigenvalue weighted by Gasteiger charge is -2.27. The van der Waals surface area contributed by atoms with Crippen LogP contribution in [0.1, 0.15) is 12.5 Å². The van der Waals surface area contributed by atoms with Crippen LogP contribution >= 0.6 is 11.6 Å². The Hall–Kier alpha value is -3.62. The monoisotopic (exact) mass is 617 g/mol. The lowest BCUT2D eigenvalue weighted by Crippen LogP contribution is -2.46. The van der Waals surface area contributed by atoms with Crippen molar-refractivity contribution in [1.29, 1.82) is 0 Å². The minimum Gasteiger partial charge on any atom is -0.314 e. The Morgan fingerprint density at radius 3 is 2.48 bits per heavy atom. The third-order valence-electron chi connectivity index (χ3n) is 6.89. The van der Waals surface area contributed by atoms with Crippen molar-refractivity contribution in [1.82, 2.24) is 24.5 Å². The number of carbonyl (C=O) groups is 1. The molecule has 0 atom stereocenters. The van der Waals surface area contributed by atoms with Crippen LogP contribution in [0.15, 0.2) is 72.0 Å². The van der Waals surface area contributed by atoms with Crippen molar-refractivity contribution < 1.29 is 22.0 Å². The maximum atomic E-state index is 13.8. The molecule has 1 fully saturated rings. The van der Waals surface area contributed by atoms with Crippen molar-refractivity contribution in [3.05, 3.63) is 77.7 Å². The molecule has 3 heterocycles. The number of benzene rings is 2. The Balaban J connectivity index is 1.29. The smallest absolute Gasteiger partial charge is 0.314 e. The van der Waals surface area contributed by atoms with E-state index in [-0.39, 0.29) is 15.6 Å². The van der Waals surface area contributed by atoms with Crippen molar-refractivity contribution >= 4 is 49.9 Å². The first kappa shape index (κ1) is 29.9. The molecule has 4 N–H and O–H groups in total. The van der Waals surface area contributed by atoms with E-state index in [9.17, 15) is 22.0 Å². The molecule has 2 amide bonds. The number of hydrogen-bond donors (Lipinski definition) is 4. The Morgan fingerprint density at radius 2 is 1.76 bits per heavy atom. The van der Waals surface area contributed by atoms with Gasteiger partial charge in [0.05, 0.1) is 11.7 Å². The molecule has 10 nitrogen and oxygen atoms in total. The summed E-state index contributed by atoms with van der Waals surface area (Å²) >= 11 is 5.87. The number of carbonyl (C=O) groups excluding carboxylic acids is 1. The minimum absolute atomic E-state index is 0.0984. The molecular formula is C28H30ClF2N7O3S.